The summed E-state index contributed by atoms with van der Waals surface area (Å²) >= 11 is 1.17. The van der Waals surface area contributed by atoms with E-state index in [2.05, 4.69) is 0 Å². The molecule has 0 aromatic heterocycles. The number of rotatable bonds is 2. The molecule has 1 saturated heterocycles. The van der Waals surface area contributed by atoms with E-state index in [1.165, 1.54) is 17.2 Å². The zero-order chi connectivity index (χ0) is 11.2. The van der Waals surface area contributed by atoms with Crippen LogP contribution >= 0.6 is 11.8 Å². The first-order chi connectivity index (χ1) is 7.02. The van der Waals surface area contributed by atoms with E-state index in [1.807, 2.05) is 0 Å². The third-order valence-electron chi connectivity index (χ3n) is 2.35. The molecule has 2 atom stereocenters. The number of carbonyl (C=O) groups excluding carboxylic acids is 1. The van der Waals surface area contributed by atoms with E-state index in [0.717, 1.165) is 4.90 Å². The summed E-state index contributed by atoms with van der Waals surface area (Å²) in [6, 6.07) is -1.34. The van der Waals surface area contributed by atoms with Gasteiger partial charge in [-0.3, -0.25) is 4.79 Å². The fraction of sp³-hybridized carbons (Fsp3) is 0.375. The summed E-state index contributed by atoms with van der Waals surface area (Å²) in [7, 11) is 0. The minimum atomic E-state index is -1.34. The van der Waals surface area contributed by atoms with Gasteiger partial charge in [0.15, 0.2) is 6.04 Å². The number of hydrogen-bond acceptors (Lipinski definition) is 4. The van der Waals surface area contributed by atoms with Crippen LogP contribution in [-0.4, -0.2) is 44.4 Å². The largest absolute Gasteiger partial charge is 0.479 e. The quantitative estimate of drug-likeness (QED) is 0.632. The van der Waals surface area contributed by atoms with Crippen molar-refractivity contribution in [1.82, 2.24) is 4.90 Å². The average Bonchev–Trinajstić information content (AvgIpc) is 2.14. The highest BCUT2D eigenvalue weighted by atomic mass is 32.2. The van der Waals surface area contributed by atoms with Crippen molar-refractivity contribution in [3.05, 3.63) is 11.0 Å². The van der Waals surface area contributed by atoms with Crippen molar-refractivity contribution in [1.29, 1.82) is 0 Å². The third-order valence-corrected chi connectivity index (χ3v) is 3.45. The minimum absolute atomic E-state index is 0.221. The third kappa shape index (κ3) is 1.39. The summed E-state index contributed by atoms with van der Waals surface area (Å²) < 4.78 is 0. The van der Waals surface area contributed by atoms with Crippen molar-refractivity contribution in [2.75, 3.05) is 0 Å². The first-order valence-electron chi connectivity index (χ1n) is 4.15. The molecule has 0 bridgehead atoms. The summed E-state index contributed by atoms with van der Waals surface area (Å²) in [5.41, 5.74) is -0.253. The first kappa shape index (κ1) is 10.0. The van der Waals surface area contributed by atoms with Crippen LogP contribution in [-0.2, 0) is 14.4 Å². The lowest BCUT2D eigenvalue weighted by atomic mass is 10.0. The standard InChI is InChI=1S/C8H7NO5S/c10-4-1-5-9(4)6(8(13)14)3(2-15-5)7(11)12/h2,5-6H,1H2,(H,11,12)(H,13,14)/t5-,6?/m1/s1. The Labute approximate surface area is 88.5 Å². The molecule has 1 fully saturated rings. The van der Waals surface area contributed by atoms with Gasteiger partial charge in [0.2, 0.25) is 5.91 Å². The minimum Gasteiger partial charge on any atom is -0.479 e. The van der Waals surface area contributed by atoms with Gasteiger partial charge in [-0.1, -0.05) is 0 Å². The number of hydrogen-bond donors (Lipinski definition) is 2. The van der Waals surface area contributed by atoms with Crippen molar-refractivity contribution in [2.24, 2.45) is 0 Å². The second kappa shape index (κ2) is 3.27. The van der Waals surface area contributed by atoms with E-state index in [-0.39, 0.29) is 23.3 Å². The lowest BCUT2D eigenvalue weighted by molar-refractivity contribution is -0.157. The van der Waals surface area contributed by atoms with Gasteiger partial charge in [0.25, 0.3) is 0 Å². The van der Waals surface area contributed by atoms with Crippen LogP contribution < -0.4 is 0 Å². The van der Waals surface area contributed by atoms with Crippen LogP contribution in [0.5, 0.6) is 0 Å². The predicted molar refractivity (Wildman–Crippen MR) is 50.0 cm³/mol. The molecule has 15 heavy (non-hydrogen) atoms. The number of carboxylic acid groups (broad SMARTS) is 2. The van der Waals surface area contributed by atoms with Crippen LogP contribution in [0.2, 0.25) is 0 Å². The number of thioether (sulfide) groups is 1. The summed E-state index contributed by atoms with van der Waals surface area (Å²) in [5, 5.41) is 18.8. The fourth-order valence-corrected chi connectivity index (χ4v) is 2.75. The Hall–Kier alpha value is -1.50. The van der Waals surface area contributed by atoms with Gasteiger partial charge in [0.1, 0.15) is 0 Å². The van der Waals surface area contributed by atoms with Gasteiger partial charge in [-0.15, -0.1) is 11.8 Å². The van der Waals surface area contributed by atoms with E-state index in [1.54, 1.807) is 0 Å². The van der Waals surface area contributed by atoms with Gasteiger partial charge < -0.3 is 15.1 Å². The van der Waals surface area contributed by atoms with Crippen molar-refractivity contribution in [3.63, 3.8) is 0 Å². The second-order valence-electron chi connectivity index (χ2n) is 3.21. The SMILES string of the molecule is O=C(O)C1=CS[C@@H]2CC(=O)N2C1C(=O)O. The molecule has 0 radical (unpaired) electrons. The highest BCUT2D eigenvalue weighted by Gasteiger charge is 2.49. The number of β-lactam (4-membered cyclic amide) rings is 1. The molecule has 7 heteroatoms. The number of nitrogens with zero attached hydrogens (tertiary/aromatic N) is 1. The van der Waals surface area contributed by atoms with Gasteiger partial charge in [0.05, 0.1) is 17.4 Å². The molecule has 0 saturated carbocycles. The molecule has 80 valence electrons. The lowest BCUT2D eigenvalue weighted by Crippen LogP contribution is -2.61. The molecule has 1 amide bonds. The zero-order valence-corrected chi connectivity index (χ0v) is 8.23. The molecule has 0 aromatic carbocycles. The van der Waals surface area contributed by atoms with Crippen LogP contribution in [0.4, 0.5) is 0 Å². The van der Waals surface area contributed by atoms with E-state index < -0.39 is 18.0 Å². The average molecular weight is 229 g/mol. The van der Waals surface area contributed by atoms with Crippen LogP contribution in [0.1, 0.15) is 6.42 Å². The van der Waals surface area contributed by atoms with E-state index in [9.17, 15) is 14.4 Å². The molecule has 2 aliphatic heterocycles. The number of aliphatic carboxylic acids is 2. The first-order valence-corrected chi connectivity index (χ1v) is 5.09. The fourth-order valence-electron chi connectivity index (χ4n) is 1.61. The monoisotopic (exact) mass is 229 g/mol. The van der Waals surface area contributed by atoms with E-state index in [4.69, 9.17) is 10.2 Å². The van der Waals surface area contributed by atoms with Crippen LogP contribution in [0.25, 0.3) is 0 Å². The molecule has 2 N–H and O–H groups in total. The maximum atomic E-state index is 11.2. The van der Waals surface area contributed by atoms with Gasteiger partial charge >= 0.3 is 11.9 Å². The Kier molecular flexibility index (Phi) is 2.18. The maximum absolute atomic E-state index is 11.2. The van der Waals surface area contributed by atoms with Gasteiger partial charge in [-0.25, -0.2) is 9.59 Å². The van der Waals surface area contributed by atoms with Crippen LogP contribution in [0, 0.1) is 0 Å². The Balaban J connectivity index is 2.36. The summed E-state index contributed by atoms with van der Waals surface area (Å²) in [6.45, 7) is 0. The number of carboxylic acids is 2. The Morgan fingerprint density at radius 3 is 2.60 bits per heavy atom. The lowest BCUT2D eigenvalue weighted by Gasteiger charge is -2.45. The molecule has 2 rings (SSSR count). The number of amides is 1. The summed E-state index contributed by atoms with van der Waals surface area (Å²) in [6.07, 6.45) is 0.276. The molecule has 0 spiro atoms. The molecule has 6 nitrogen and oxygen atoms in total. The molecule has 2 aliphatic rings. The van der Waals surface area contributed by atoms with Crippen LogP contribution in [0.15, 0.2) is 11.0 Å². The van der Waals surface area contributed by atoms with Crippen molar-refractivity contribution in [2.45, 2.75) is 17.8 Å². The Morgan fingerprint density at radius 2 is 2.13 bits per heavy atom. The predicted octanol–water partition coefficient (Wildman–Crippen LogP) is -0.287. The van der Waals surface area contributed by atoms with E-state index >= 15 is 0 Å². The van der Waals surface area contributed by atoms with Crippen molar-refractivity contribution >= 4 is 29.6 Å². The van der Waals surface area contributed by atoms with Gasteiger partial charge in [0, 0.05) is 0 Å². The summed E-state index contributed by atoms with van der Waals surface area (Å²) in [5.74, 6) is -2.91. The molecule has 0 aliphatic carbocycles. The Morgan fingerprint density at radius 1 is 1.47 bits per heavy atom. The van der Waals surface area contributed by atoms with Gasteiger partial charge in [-0.2, -0.15) is 0 Å². The molecule has 1 unspecified atom stereocenters. The molecule has 2 heterocycles. The van der Waals surface area contributed by atoms with Gasteiger partial charge in [-0.05, 0) is 5.41 Å². The molecular formula is C8H7NO5S. The smallest absolute Gasteiger partial charge is 0.334 e. The Bertz CT molecular complexity index is 390. The zero-order valence-electron chi connectivity index (χ0n) is 7.41. The van der Waals surface area contributed by atoms with Crippen molar-refractivity contribution in [3.8, 4) is 0 Å². The highest BCUT2D eigenvalue weighted by Crippen LogP contribution is 2.39. The topological polar surface area (TPSA) is 94.9 Å². The molecule has 0 aromatic rings. The van der Waals surface area contributed by atoms with Crippen molar-refractivity contribution < 1.29 is 24.6 Å². The van der Waals surface area contributed by atoms with Crippen LogP contribution in [0.3, 0.4) is 0 Å². The van der Waals surface area contributed by atoms with E-state index in [0.29, 0.717) is 0 Å². The number of carbonyl (C=O) groups is 3. The summed E-state index contributed by atoms with van der Waals surface area (Å²) in [4.78, 5) is 34.0. The number of fused-ring (bicyclic) bond motifs is 1. The maximum Gasteiger partial charge on any atom is 0.334 e. The molecular weight excluding hydrogens is 222 g/mol. The normalized spacial score (nSPS) is 28.9. The highest BCUT2D eigenvalue weighted by molar-refractivity contribution is 8.02. The second-order valence-corrected chi connectivity index (χ2v) is 4.27.